The molecule has 3 rings (SSSR count). The number of likely N-dealkylation sites (tertiary alicyclic amines) is 1. The summed E-state index contributed by atoms with van der Waals surface area (Å²) >= 11 is 0. The molecule has 2 aromatic rings. The molecule has 2 amide bonds. The lowest BCUT2D eigenvalue weighted by Gasteiger charge is -2.32. The highest BCUT2D eigenvalue weighted by molar-refractivity contribution is 5.94. The van der Waals surface area contributed by atoms with Crippen molar-refractivity contribution in [2.75, 3.05) is 25.0 Å². The van der Waals surface area contributed by atoms with Crippen LogP contribution in [0.4, 0.5) is 10.1 Å². The summed E-state index contributed by atoms with van der Waals surface area (Å²) in [7, 11) is 0. The van der Waals surface area contributed by atoms with Crippen molar-refractivity contribution in [1.82, 2.24) is 10.2 Å². The fraction of sp³-hybridized carbons (Fsp3) is 0.364. The molecule has 0 bridgehead atoms. The monoisotopic (exact) mass is 383 g/mol. The van der Waals surface area contributed by atoms with Crippen LogP contribution in [0, 0.1) is 19.7 Å². The van der Waals surface area contributed by atoms with E-state index in [-0.39, 0.29) is 30.1 Å². The van der Waals surface area contributed by atoms with Crippen LogP contribution in [-0.4, -0.2) is 42.4 Å². The number of anilines is 1. The Morgan fingerprint density at radius 1 is 1.04 bits per heavy atom. The number of nitrogens with one attached hydrogen (secondary N) is 2. The number of nitrogens with zero attached hydrogens (tertiary/aromatic N) is 1. The Morgan fingerprint density at radius 2 is 1.68 bits per heavy atom. The van der Waals surface area contributed by atoms with Crippen molar-refractivity contribution in [3.63, 3.8) is 0 Å². The van der Waals surface area contributed by atoms with Crippen LogP contribution in [-0.2, 0) is 4.79 Å². The Hall–Kier alpha value is -2.73. The van der Waals surface area contributed by atoms with E-state index in [0.717, 1.165) is 24.0 Å². The van der Waals surface area contributed by atoms with Gasteiger partial charge in [0.15, 0.2) is 0 Å². The summed E-state index contributed by atoms with van der Waals surface area (Å²) in [6.07, 6.45) is 1.56. The van der Waals surface area contributed by atoms with Gasteiger partial charge in [0.05, 0.1) is 12.2 Å². The average Bonchev–Trinajstić information content (AvgIpc) is 2.70. The zero-order valence-electron chi connectivity index (χ0n) is 16.3. The summed E-state index contributed by atoms with van der Waals surface area (Å²) in [6.45, 7) is 5.26. The minimum Gasteiger partial charge on any atom is -0.339 e. The second kappa shape index (κ2) is 8.97. The van der Waals surface area contributed by atoms with Gasteiger partial charge in [0, 0.05) is 24.7 Å². The maximum absolute atomic E-state index is 13.7. The highest BCUT2D eigenvalue weighted by Gasteiger charge is 2.23. The fourth-order valence-corrected chi connectivity index (χ4v) is 3.33. The van der Waals surface area contributed by atoms with Crippen molar-refractivity contribution in [3.05, 3.63) is 65.0 Å². The summed E-state index contributed by atoms with van der Waals surface area (Å²) < 4.78 is 13.7. The summed E-state index contributed by atoms with van der Waals surface area (Å²) in [5.41, 5.74) is 2.92. The van der Waals surface area contributed by atoms with Gasteiger partial charge in [-0.3, -0.25) is 9.59 Å². The van der Waals surface area contributed by atoms with Crippen molar-refractivity contribution in [2.24, 2.45) is 0 Å². The van der Waals surface area contributed by atoms with E-state index in [0.29, 0.717) is 18.7 Å². The van der Waals surface area contributed by atoms with Gasteiger partial charge < -0.3 is 15.5 Å². The van der Waals surface area contributed by atoms with E-state index < -0.39 is 5.82 Å². The Bertz CT molecular complexity index is 843. The summed E-state index contributed by atoms with van der Waals surface area (Å²) in [5, 5.41) is 5.81. The van der Waals surface area contributed by atoms with Gasteiger partial charge in [0.1, 0.15) is 5.82 Å². The zero-order valence-corrected chi connectivity index (χ0v) is 16.3. The molecule has 2 N–H and O–H groups in total. The largest absolute Gasteiger partial charge is 0.339 e. The summed E-state index contributed by atoms with van der Waals surface area (Å²) in [4.78, 5) is 26.5. The molecule has 0 spiro atoms. The lowest BCUT2D eigenvalue weighted by Crippen LogP contribution is -2.46. The van der Waals surface area contributed by atoms with Crippen LogP contribution in [0.1, 0.15) is 34.3 Å². The molecule has 1 fully saturated rings. The smallest absolute Gasteiger partial charge is 0.253 e. The normalized spacial score (nSPS) is 14.8. The van der Waals surface area contributed by atoms with Crippen LogP contribution in [0.15, 0.2) is 42.5 Å². The minimum absolute atomic E-state index is 0.0473. The first-order valence-electron chi connectivity index (χ1n) is 9.57. The SMILES string of the molecule is Cc1ccc(C(=O)N2CCC(NCC(=O)Nc3cc(C)ccc3F)CC2)cc1. The van der Waals surface area contributed by atoms with Crippen molar-refractivity contribution in [3.8, 4) is 0 Å². The van der Waals surface area contributed by atoms with E-state index in [1.165, 1.54) is 6.07 Å². The van der Waals surface area contributed by atoms with Gasteiger partial charge >= 0.3 is 0 Å². The predicted molar refractivity (Wildman–Crippen MR) is 108 cm³/mol. The molecule has 6 heteroatoms. The number of hydrogen-bond donors (Lipinski definition) is 2. The van der Waals surface area contributed by atoms with Crippen molar-refractivity contribution in [2.45, 2.75) is 32.7 Å². The van der Waals surface area contributed by atoms with Gasteiger partial charge in [-0.2, -0.15) is 0 Å². The number of rotatable bonds is 5. The molecule has 1 aliphatic rings. The van der Waals surface area contributed by atoms with Gasteiger partial charge in [-0.05, 0) is 56.5 Å². The van der Waals surface area contributed by atoms with Crippen LogP contribution >= 0.6 is 0 Å². The second-order valence-corrected chi connectivity index (χ2v) is 7.34. The number of halogens is 1. The minimum atomic E-state index is -0.443. The van der Waals surface area contributed by atoms with E-state index in [4.69, 9.17) is 0 Å². The number of carbonyl (C=O) groups excluding carboxylic acids is 2. The number of piperidine rings is 1. The topological polar surface area (TPSA) is 61.4 Å². The number of benzene rings is 2. The molecular formula is C22H26FN3O2. The number of amides is 2. The molecule has 148 valence electrons. The number of carbonyl (C=O) groups is 2. The van der Waals surface area contributed by atoms with Crippen LogP contribution < -0.4 is 10.6 Å². The van der Waals surface area contributed by atoms with Gasteiger partial charge in [0.25, 0.3) is 5.91 Å². The van der Waals surface area contributed by atoms with Crippen LogP contribution in [0.25, 0.3) is 0 Å². The van der Waals surface area contributed by atoms with Crippen LogP contribution in [0.5, 0.6) is 0 Å². The van der Waals surface area contributed by atoms with Gasteiger partial charge in [0.2, 0.25) is 5.91 Å². The molecule has 0 unspecified atom stereocenters. The van der Waals surface area contributed by atoms with E-state index in [1.54, 1.807) is 12.1 Å². The van der Waals surface area contributed by atoms with E-state index in [9.17, 15) is 14.0 Å². The maximum atomic E-state index is 13.7. The Balaban J connectivity index is 1.44. The van der Waals surface area contributed by atoms with Gasteiger partial charge in [-0.15, -0.1) is 0 Å². The van der Waals surface area contributed by atoms with Crippen molar-refractivity contribution in [1.29, 1.82) is 0 Å². The molecule has 5 nitrogen and oxygen atoms in total. The zero-order chi connectivity index (χ0) is 20.1. The molecule has 1 heterocycles. The number of hydrogen-bond acceptors (Lipinski definition) is 3. The first kappa shape index (κ1) is 20.0. The highest BCUT2D eigenvalue weighted by Crippen LogP contribution is 2.16. The second-order valence-electron chi connectivity index (χ2n) is 7.34. The third-order valence-electron chi connectivity index (χ3n) is 5.03. The Morgan fingerprint density at radius 3 is 2.36 bits per heavy atom. The standard InChI is InChI=1S/C22H26FN3O2/c1-15-3-6-17(7-4-15)22(28)26-11-9-18(10-12-26)24-14-21(27)25-20-13-16(2)5-8-19(20)23/h3-8,13,18,24H,9-12,14H2,1-2H3,(H,25,27). The first-order chi connectivity index (χ1) is 13.4. The lowest BCUT2D eigenvalue weighted by molar-refractivity contribution is -0.115. The molecule has 0 radical (unpaired) electrons. The lowest BCUT2D eigenvalue weighted by atomic mass is 10.0. The van der Waals surface area contributed by atoms with E-state index >= 15 is 0 Å². The molecule has 2 aromatic carbocycles. The molecule has 0 saturated carbocycles. The quantitative estimate of drug-likeness (QED) is 0.833. The van der Waals surface area contributed by atoms with E-state index in [2.05, 4.69) is 10.6 Å². The fourth-order valence-electron chi connectivity index (χ4n) is 3.33. The Kier molecular flexibility index (Phi) is 6.41. The molecule has 1 aliphatic heterocycles. The molecule has 28 heavy (non-hydrogen) atoms. The predicted octanol–water partition coefficient (Wildman–Crippen LogP) is 3.28. The third-order valence-corrected chi connectivity index (χ3v) is 5.03. The molecule has 0 atom stereocenters. The summed E-state index contributed by atoms with van der Waals surface area (Å²) in [5.74, 6) is -0.671. The molecule has 1 saturated heterocycles. The Labute approximate surface area is 164 Å². The summed E-state index contributed by atoms with van der Waals surface area (Å²) in [6, 6.07) is 12.4. The highest BCUT2D eigenvalue weighted by atomic mass is 19.1. The van der Waals surface area contributed by atoms with Gasteiger partial charge in [-0.25, -0.2) is 4.39 Å². The van der Waals surface area contributed by atoms with E-state index in [1.807, 2.05) is 43.0 Å². The van der Waals surface area contributed by atoms with Gasteiger partial charge in [-0.1, -0.05) is 23.8 Å². The van der Waals surface area contributed by atoms with Crippen molar-refractivity contribution >= 4 is 17.5 Å². The molecule has 0 aliphatic carbocycles. The third kappa shape index (κ3) is 5.16. The van der Waals surface area contributed by atoms with Crippen molar-refractivity contribution < 1.29 is 14.0 Å². The maximum Gasteiger partial charge on any atom is 0.253 e. The van der Waals surface area contributed by atoms with Crippen LogP contribution in [0.2, 0.25) is 0 Å². The average molecular weight is 383 g/mol. The first-order valence-corrected chi connectivity index (χ1v) is 9.57. The molecular weight excluding hydrogens is 357 g/mol. The number of aryl methyl sites for hydroxylation is 2. The molecule has 0 aromatic heterocycles. The van der Waals surface area contributed by atoms with Crippen LogP contribution in [0.3, 0.4) is 0 Å².